The van der Waals surface area contributed by atoms with Crippen molar-refractivity contribution in [2.75, 3.05) is 5.32 Å². The average molecular weight is 304 g/mol. The first kappa shape index (κ1) is 16.5. The van der Waals surface area contributed by atoms with E-state index >= 15 is 0 Å². The summed E-state index contributed by atoms with van der Waals surface area (Å²) in [5, 5.41) is 12.1. The largest absolute Gasteiger partial charge is 0.321 e. The molecule has 2 rings (SSSR count). The number of hydrogen-bond acceptors (Lipinski definition) is 2. The molecular weight excluding hydrogens is 284 g/mol. The topological polar surface area (TPSA) is 52.9 Å². The Hall–Kier alpha value is -2.86. The lowest BCUT2D eigenvalue weighted by Gasteiger charge is -2.10. The van der Waals surface area contributed by atoms with Gasteiger partial charge in [0.05, 0.1) is 0 Å². The van der Waals surface area contributed by atoms with E-state index in [1.54, 1.807) is 6.08 Å². The molecule has 0 saturated heterocycles. The van der Waals surface area contributed by atoms with Crippen LogP contribution >= 0.6 is 0 Å². The molecule has 0 aliphatic heterocycles. The van der Waals surface area contributed by atoms with Gasteiger partial charge in [-0.2, -0.15) is 5.26 Å². The molecule has 23 heavy (non-hydrogen) atoms. The van der Waals surface area contributed by atoms with Crippen molar-refractivity contribution < 1.29 is 4.79 Å². The SMILES string of the molecule is CCc1ccc(/C=C(\C#N)C(=O)Nc2c(C)cccc2C)cc1. The molecule has 0 heterocycles. The fourth-order valence-electron chi connectivity index (χ4n) is 2.36. The van der Waals surface area contributed by atoms with E-state index in [0.717, 1.165) is 28.8 Å². The Morgan fingerprint density at radius 2 is 1.74 bits per heavy atom. The zero-order valence-corrected chi connectivity index (χ0v) is 13.7. The van der Waals surface area contributed by atoms with Crippen LogP contribution in [0.3, 0.4) is 0 Å². The summed E-state index contributed by atoms with van der Waals surface area (Å²) in [6.07, 6.45) is 2.57. The predicted octanol–water partition coefficient (Wildman–Crippen LogP) is 4.41. The fourth-order valence-corrected chi connectivity index (χ4v) is 2.36. The lowest BCUT2D eigenvalue weighted by atomic mass is 10.1. The molecule has 0 fully saturated rings. The summed E-state index contributed by atoms with van der Waals surface area (Å²) in [4.78, 5) is 12.4. The number of hydrogen-bond donors (Lipinski definition) is 1. The van der Waals surface area contributed by atoms with E-state index in [0.29, 0.717) is 0 Å². The maximum absolute atomic E-state index is 12.4. The van der Waals surface area contributed by atoms with Gasteiger partial charge in [-0.25, -0.2) is 0 Å². The van der Waals surface area contributed by atoms with Crippen molar-refractivity contribution in [1.29, 1.82) is 5.26 Å². The summed E-state index contributed by atoms with van der Waals surface area (Å²) in [6.45, 7) is 5.95. The van der Waals surface area contributed by atoms with E-state index in [1.807, 2.05) is 62.4 Å². The number of para-hydroxylation sites is 1. The van der Waals surface area contributed by atoms with Crippen molar-refractivity contribution in [2.45, 2.75) is 27.2 Å². The quantitative estimate of drug-likeness (QED) is 0.672. The standard InChI is InChI=1S/C20H20N2O/c1-4-16-8-10-17(11-9-16)12-18(13-21)20(23)22-19-14(2)6-5-7-15(19)3/h5-12H,4H2,1-3H3,(H,22,23)/b18-12+. The van der Waals surface area contributed by atoms with Crippen molar-refractivity contribution in [3.8, 4) is 6.07 Å². The van der Waals surface area contributed by atoms with Gasteiger partial charge in [0.1, 0.15) is 11.6 Å². The van der Waals surface area contributed by atoms with Gasteiger partial charge in [0, 0.05) is 5.69 Å². The van der Waals surface area contributed by atoms with Gasteiger partial charge in [-0.05, 0) is 48.6 Å². The van der Waals surface area contributed by atoms with Crippen LogP contribution in [0.2, 0.25) is 0 Å². The Bertz CT molecular complexity index is 760. The number of nitrogens with one attached hydrogen (secondary N) is 1. The number of nitrogens with zero attached hydrogens (tertiary/aromatic N) is 1. The number of amides is 1. The van der Waals surface area contributed by atoms with Crippen LogP contribution in [0.1, 0.15) is 29.2 Å². The summed E-state index contributed by atoms with van der Waals surface area (Å²) in [6, 6.07) is 15.6. The second-order valence-corrected chi connectivity index (χ2v) is 5.49. The van der Waals surface area contributed by atoms with Gasteiger partial charge in [0.25, 0.3) is 5.91 Å². The fraction of sp³-hybridized carbons (Fsp3) is 0.200. The van der Waals surface area contributed by atoms with E-state index in [4.69, 9.17) is 0 Å². The minimum absolute atomic E-state index is 0.0944. The van der Waals surface area contributed by atoms with Gasteiger partial charge < -0.3 is 5.32 Å². The van der Waals surface area contributed by atoms with Gasteiger partial charge in [0.2, 0.25) is 0 Å². The molecule has 0 aliphatic rings. The van der Waals surface area contributed by atoms with Crippen LogP contribution in [0.5, 0.6) is 0 Å². The minimum Gasteiger partial charge on any atom is -0.321 e. The highest BCUT2D eigenvalue weighted by Crippen LogP contribution is 2.20. The van der Waals surface area contributed by atoms with E-state index < -0.39 is 0 Å². The molecule has 0 aromatic heterocycles. The molecule has 3 heteroatoms. The number of rotatable bonds is 4. The maximum Gasteiger partial charge on any atom is 0.266 e. The highest BCUT2D eigenvalue weighted by atomic mass is 16.1. The first-order chi connectivity index (χ1) is 11.0. The predicted molar refractivity (Wildman–Crippen MR) is 94.0 cm³/mol. The van der Waals surface area contributed by atoms with Gasteiger partial charge in [0.15, 0.2) is 0 Å². The molecular formula is C20H20N2O. The van der Waals surface area contributed by atoms with Gasteiger partial charge in [-0.3, -0.25) is 4.79 Å². The molecule has 0 unspecified atom stereocenters. The molecule has 2 aromatic carbocycles. The van der Waals surface area contributed by atoms with E-state index in [-0.39, 0.29) is 11.5 Å². The van der Waals surface area contributed by atoms with Crippen LogP contribution in [-0.2, 0) is 11.2 Å². The lowest BCUT2D eigenvalue weighted by molar-refractivity contribution is -0.112. The van der Waals surface area contributed by atoms with Crippen LogP contribution in [0.15, 0.2) is 48.0 Å². The smallest absolute Gasteiger partial charge is 0.266 e. The molecule has 0 radical (unpaired) electrons. The number of benzene rings is 2. The third kappa shape index (κ3) is 4.08. The maximum atomic E-state index is 12.4. The molecule has 1 N–H and O–H groups in total. The summed E-state index contributed by atoms with van der Waals surface area (Å²) in [5.74, 6) is -0.385. The van der Waals surface area contributed by atoms with Gasteiger partial charge in [-0.1, -0.05) is 49.4 Å². The Labute approximate surface area is 137 Å². The van der Waals surface area contributed by atoms with Crippen molar-refractivity contribution >= 4 is 17.7 Å². The highest BCUT2D eigenvalue weighted by Gasteiger charge is 2.12. The van der Waals surface area contributed by atoms with Gasteiger partial charge >= 0.3 is 0 Å². The zero-order chi connectivity index (χ0) is 16.8. The molecule has 0 spiro atoms. The Morgan fingerprint density at radius 3 is 2.26 bits per heavy atom. The third-order valence-electron chi connectivity index (χ3n) is 3.78. The second kappa shape index (κ2) is 7.42. The normalized spacial score (nSPS) is 11.0. The van der Waals surface area contributed by atoms with E-state index in [1.165, 1.54) is 5.56 Å². The number of carbonyl (C=O) groups excluding carboxylic acids is 1. The number of aryl methyl sites for hydroxylation is 3. The Morgan fingerprint density at radius 1 is 1.13 bits per heavy atom. The number of nitriles is 1. The van der Waals surface area contributed by atoms with Crippen molar-refractivity contribution in [3.05, 3.63) is 70.3 Å². The first-order valence-electron chi connectivity index (χ1n) is 7.63. The van der Waals surface area contributed by atoms with Crippen LogP contribution in [0.25, 0.3) is 6.08 Å². The van der Waals surface area contributed by atoms with Gasteiger partial charge in [-0.15, -0.1) is 0 Å². The first-order valence-corrected chi connectivity index (χ1v) is 7.63. The average Bonchev–Trinajstić information content (AvgIpc) is 2.56. The summed E-state index contributed by atoms with van der Waals surface area (Å²) in [5.41, 5.74) is 4.87. The van der Waals surface area contributed by atoms with Crippen LogP contribution in [0, 0.1) is 25.2 Å². The second-order valence-electron chi connectivity index (χ2n) is 5.49. The zero-order valence-electron chi connectivity index (χ0n) is 13.7. The van der Waals surface area contributed by atoms with E-state index in [9.17, 15) is 10.1 Å². The van der Waals surface area contributed by atoms with Crippen molar-refractivity contribution in [3.63, 3.8) is 0 Å². The van der Waals surface area contributed by atoms with Crippen LogP contribution in [-0.4, -0.2) is 5.91 Å². The van der Waals surface area contributed by atoms with Crippen molar-refractivity contribution in [1.82, 2.24) is 0 Å². The summed E-state index contributed by atoms with van der Waals surface area (Å²) < 4.78 is 0. The molecule has 1 amide bonds. The highest BCUT2D eigenvalue weighted by molar-refractivity contribution is 6.10. The van der Waals surface area contributed by atoms with Crippen LogP contribution in [0.4, 0.5) is 5.69 Å². The Balaban J connectivity index is 2.24. The monoisotopic (exact) mass is 304 g/mol. The molecule has 0 atom stereocenters. The molecule has 0 aliphatic carbocycles. The lowest BCUT2D eigenvalue weighted by Crippen LogP contribution is -2.15. The third-order valence-corrected chi connectivity index (χ3v) is 3.78. The Kier molecular flexibility index (Phi) is 5.32. The minimum atomic E-state index is -0.385. The molecule has 3 nitrogen and oxygen atoms in total. The molecule has 116 valence electrons. The van der Waals surface area contributed by atoms with Crippen LogP contribution < -0.4 is 5.32 Å². The summed E-state index contributed by atoms with van der Waals surface area (Å²) in [7, 11) is 0. The van der Waals surface area contributed by atoms with Crippen molar-refractivity contribution in [2.24, 2.45) is 0 Å². The summed E-state index contributed by atoms with van der Waals surface area (Å²) >= 11 is 0. The molecule has 0 bridgehead atoms. The van der Waals surface area contributed by atoms with E-state index in [2.05, 4.69) is 12.2 Å². The number of carbonyl (C=O) groups is 1. The number of anilines is 1. The molecule has 0 saturated carbocycles. The molecule has 2 aromatic rings.